The maximum atomic E-state index is 11.1. The largest absolute Gasteiger partial charge is 0.491 e. The number of aliphatic carboxylic acids is 1. The molecule has 0 aliphatic rings. The Kier molecular flexibility index (Phi) is 5.65. The molecule has 0 amide bonds. The molecule has 4 nitrogen and oxygen atoms in total. The van der Waals surface area contributed by atoms with Crippen molar-refractivity contribution < 1.29 is 14.6 Å². The maximum absolute atomic E-state index is 11.1. The van der Waals surface area contributed by atoms with E-state index in [1.54, 1.807) is 0 Å². The van der Waals surface area contributed by atoms with Crippen molar-refractivity contribution in [2.45, 2.75) is 33.2 Å². The molecule has 0 bridgehead atoms. The molecule has 0 aromatic heterocycles. The van der Waals surface area contributed by atoms with Crippen LogP contribution in [0.5, 0.6) is 5.75 Å². The van der Waals surface area contributed by atoms with Gasteiger partial charge in [0.1, 0.15) is 18.4 Å². The van der Waals surface area contributed by atoms with Gasteiger partial charge in [0.25, 0.3) is 0 Å². The van der Waals surface area contributed by atoms with E-state index in [2.05, 4.69) is 5.32 Å². The highest BCUT2D eigenvalue weighted by molar-refractivity contribution is 5.73. The maximum Gasteiger partial charge on any atom is 0.324 e. The van der Waals surface area contributed by atoms with Crippen LogP contribution in [-0.4, -0.2) is 30.3 Å². The Morgan fingerprint density at radius 3 is 2.50 bits per heavy atom. The van der Waals surface area contributed by atoms with Gasteiger partial charge in [-0.2, -0.15) is 0 Å². The monoisotopic (exact) mass is 251 g/mol. The van der Waals surface area contributed by atoms with E-state index in [-0.39, 0.29) is 6.61 Å². The van der Waals surface area contributed by atoms with Gasteiger partial charge in [-0.3, -0.25) is 4.79 Å². The fourth-order valence-corrected chi connectivity index (χ4v) is 1.73. The number of carboxylic acids is 1. The molecule has 0 saturated heterocycles. The van der Waals surface area contributed by atoms with E-state index >= 15 is 0 Å². The van der Waals surface area contributed by atoms with Crippen molar-refractivity contribution in [2.24, 2.45) is 0 Å². The van der Waals surface area contributed by atoms with Crippen molar-refractivity contribution in [3.63, 3.8) is 0 Å². The Bertz CT molecular complexity index is 384. The van der Waals surface area contributed by atoms with Crippen molar-refractivity contribution >= 4 is 5.97 Å². The van der Waals surface area contributed by atoms with Crippen molar-refractivity contribution in [1.29, 1.82) is 0 Å². The van der Waals surface area contributed by atoms with E-state index in [4.69, 9.17) is 9.84 Å². The lowest BCUT2D eigenvalue weighted by Crippen LogP contribution is -2.41. The molecular formula is C14H21NO3. The zero-order chi connectivity index (χ0) is 13.5. The first-order chi connectivity index (χ1) is 8.56. The molecule has 1 aromatic rings. The molecule has 1 rings (SSSR count). The SMILES string of the molecule is CCCNC(COc1c(C)cccc1C)C(=O)O. The number of ether oxygens (including phenoxy) is 1. The van der Waals surface area contributed by atoms with Crippen molar-refractivity contribution in [3.05, 3.63) is 29.3 Å². The highest BCUT2D eigenvalue weighted by atomic mass is 16.5. The first-order valence-electron chi connectivity index (χ1n) is 6.21. The van der Waals surface area contributed by atoms with Crippen molar-refractivity contribution in [1.82, 2.24) is 5.32 Å². The second-order valence-corrected chi connectivity index (χ2v) is 4.38. The lowest BCUT2D eigenvalue weighted by molar-refractivity contribution is -0.140. The third-order valence-corrected chi connectivity index (χ3v) is 2.74. The summed E-state index contributed by atoms with van der Waals surface area (Å²) in [6.45, 7) is 6.72. The second kappa shape index (κ2) is 7.01. The predicted octanol–water partition coefficient (Wildman–Crippen LogP) is 2.14. The van der Waals surface area contributed by atoms with Gasteiger partial charge in [-0.1, -0.05) is 25.1 Å². The molecule has 18 heavy (non-hydrogen) atoms. The fourth-order valence-electron chi connectivity index (χ4n) is 1.73. The average molecular weight is 251 g/mol. The molecule has 0 radical (unpaired) electrons. The van der Waals surface area contributed by atoms with Crippen LogP contribution in [0.1, 0.15) is 24.5 Å². The molecule has 0 fully saturated rings. The molecule has 2 N–H and O–H groups in total. The van der Waals surface area contributed by atoms with Gasteiger partial charge in [0, 0.05) is 0 Å². The number of rotatable bonds is 7. The zero-order valence-corrected chi connectivity index (χ0v) is 11.2. The second-order valence-electron chi connectivity index (χ2n) is 4.38. The lowest BCUT2D eigenvalue weighted by Gasteiger charge is -2.17. The average Bonchev–Trinajstić information content (AvgIpc) is 2.31. The molecule has 1 atom stereocenters. The molecule has 4 heteroatoms. The first-order valence-corrected chi connectivity index (χ1v) is 6.21. The van der Waals surface area contributed by atoms with Crippen LogP contribution >= 0.6 is 0 Å². The van der Waals surface area contributed by atoms with Crippen LogP contribution in [0.2, 0.25) is 0 Å². The summed E-state index contributed by atoms with van der Waals surface area (Å²) in [7, 11) is 0. The third-order valence-electron chi connectivity index (χ3n) is 2.74. The molecule has 100 valence electrons. The minimum atomic E-state index is -0.880. The summed E-state index contributed by atoms with van der Waals surface area (Å²) in [4.78, 5) is 11.1. The van der Waals surface area contributed by atoms with Gasteiger partial charge in [0.05, 0.1) is 0 Å². The molecule has 1 unspecified atom stereocenters. The Morgan fingerprint density at radius 2 is 2.00 bits per heavy atom. The van der Waals surface area contributed by atoms with E-state index in [1.807, 2.05) is 39.0 Å². The number of nitrogens with one attached hydrogen (secondary N) is 1. The molecule has 0 aliphatic heterocycles. The van der Waals surface area contributed by atoms with Crippen LogP contribution in [0.15, 0.2) is 18.2 Å². The first kappa shape index (κ1) is 14.5. The number of carbonyl (C=O) groups is 1. The summed E-state index contributed by atoms with van der Waals surface area (Å²) in [5.41, 5.74) is 2.05. The molecule has 0 heterocycles. The Balaban J connectivity index is 2.64. The number of hydrogen-bond acceptors (Lipinski definition) is 3. The number of carboxylic acid groups (broad SMARTS) is 1. The van der Waals surface area contributed by atoms with Gasteiger partial charge in [-0.05, 0) is 37.9 Å². The van der Waals surface area contributed by atoms with Gasteiger partial charge in [-0.25, -0.2) is 0 Å². The standard InChI is InChI=1S/C14H21NO3/c1-4-8-15-12(14(16)17)9-18-13-10(2)6-5-7-11(13)3/h5-7,12,15H,4,8-9H2,1-3H3,(H,16,17). The van der Waals surface area contributed by atoms with E-state index in [0.717, 1.165) is 23.3 Å². The summed E-state index contributed by atoms with van der Waals surface area (Å²) in [5, 5.41) is 12.0. The van der Waals surface area contributed by atoms with Crippen LogP contribution in [0.4, 0.5) is 0 Å². The summed E-state index contributed by atoms with van der Waals surface area (Å²) >= 11 is 0. The highest BCUT2D eigenvalue weighted by Gasteiger charge is 2.17. The molecule has 0 aliphatic carbocycles. The Labute approximate surface area is 108 Å². The number of benzene rings is 1. The number of hydrogen-bond donors (Lipinski definition) is 2. The topological polar surface area (TPSA) is 58.6 Å². The smallest absolute Gasteiger partial charge is 0.324 e. The van der Waals surface area contributed by atoms with Gasteiger partial charge < -0.3 is 15.2 Å². The summed E-state index contributed by atoms with van der Waals surface area (Å²) < 4.78 is 5.64. The normalized spacial score (nSPS) is 12.2. The zero-order valence-electron chi connectivity index (χ0n) is 11.2. The van der Waals surface area contributed by atoms with Gasteiger partial charge >= 0.3 is 5.97 Å². The van der Waals surface area contributed by atoms with Crippen molar-refractivity contribution in [2.75, 3.05) is 13.2 Å². The van der Waals surface area contributed by atoms with Crippen LogP contribution < -0.4 is 10.1 Å². The van der Waals surface area contributed by atoms with Gasteiger partial charge in [0.15, 0.2) is 0 Å². The quantitative estimate of drug-likeness (QED) is 0.779. The molecule has 0 saturated carbocycles. The highest BCUT2D eigenvalue weighted by Crippen LogP contribution is 2.22. The van der Waals surface area contributed by atoms with Crippen molar-refractivity contribution in [3.8, 4) is 5.75 Å². The number of para-hydroxylation sites is 1. The molecule has 0 spiro atoms. The van der Waals surface area contributed by atoms with E-state index in [1.165, 1.54) is 0 Å². The minimum absolute atomic E-state index is 0.140. The minimum Gasteiger partial charge on any atom is -0.491 e. The lowest BCUT2D eigenvalue weighted by atomic mass is 10.1. The summed E-state index contributed by atoms with van der Waals surface area (Å²) in [6.07, 6.45) is 0.896. The van der Waals surface area contributed by atoms with E-state index < -0.39 is 12.0 Å². The molecular weight excluding hydrogens is 230 g/mol. The molecule has 1 aromatic carbocycles. The van der Waals surface area contributed by atoms with E-state index in [9.17, 15) is 4.79 Å². The number of aryl methyl sites for hydroxylation is 2. The Morgan fingerprint density at radius 1 is 1.39 bits per heavy atom. The van der Waals surface area contributed by atoms with Crippen LogP contribution in [-0.2, 0) is 4.79 Å². The van der Waals surface area contributed by atoms with Crippen LogP contribution in [0.3, 0.4) is 0 Å². The van der Waals surface area contributed by atoms with Crippen LogP contribution in [0, 0.1) is 13.8 Å². The van der Waals surface area contributed by atoms with E-state index in [0.29, 0.717) is 6.54 Å². The Hall–Kier alpha value is -1.55. The van der Waals surface area contributed by atoms with Gasteiger partial charge in [0.2, 0.25) is 0 Å². The summed E-state index contributed by atoms with van der Waals surface area (Å²) in [6, 6.07) is 5.21. The van der Waals surface area contributed by atoms with Gasteiger partial charge in [-0.15, -0.1) is 0 Å². The fraction of sp³-hybridized carbons (Fsp3) is 0.500. The van der Waals surface area contributed by atoms with Crippen LogP contribution in [0.25, 0.3) is 0 Å². The summed E-state index contributed by atoms with van der Waals surface area (Å²) in [5.74, 6) is -0.100. The third kappa shape index (κ3) is 4.04. The predicted molar refractivity (Wildman–Crippen MR) is 71.1 cm³/mol.